The van der Waals surface area contributed by atoms with Crippen LogP contribution in [-0.2, 0) is 19.0 Å². The molecule has 28 heavy (non-hydrogen) atoms. The van der Waals surface area contributed by atoms with Crippen molar-refractivity contribution in [2.75, 3.05) is 18.0 Å². The van der Waals surface area contributed by atoms with Crippen LogP contribution < -0.4 is 4.90 Å². The fourth-order valence-electron chi connectivity index (χ4n) is 4.27. The maximum atomic E-state index is 13.3. The van der Waals surface area contributed by atoms with Crippen molar-refractivity contribution in [2.45, 2.75) is 44.2 Å². The fourth-order valence-corrected chi connectivity index (χ4v) is 4.27. The number of fused-ring (bicyclic) bond motifs is 2. The number of nitrogens with zero attached hydrogens (tertiary/aromatic N) is 6. The van der Waals surface area contributed by atoms with Gasteiger partial charge in [-0.05, 0) is 55.9 Å². The van der Waals surface area contributed by atoms with Gasteiger partial charge in [0.15, 0.2) is 11.5 Å². The summed E-state index contributed by atoms with van der Waals surface area (Å²) >= 11 is 0. The Morgan fingerprint density at radius 3 is 2.68 bits per heavy atom. The molecule has 146 valence electrons. The Balaban J connectivity index is 1.38. The minimum atomic E-state index is -4.41. The standard InChI is InChI=1S/C19H19F3N6/c20-19(21,22)14-4-2-8-23-18(14)27-9-6-12(7-10-27)17-25-24-16-11-13-3-1-5-15(13)26-28(16)17/h2,4,8,11-12H,1,3,5-7,9-10H2. The number of hydrogen-bond donors (Lipinski definition) is 0. The van der Waals surface area contributed by atoms with Crippen LogP contribution in [0.1, 0.15) is 47.8 Å². The summed E-state index contributed by atoms with van der Waals surface area (Å²) < 4.78 is 41.7. The van der Waals surface area contributed by atoms with Crippen LogP contribution in [-0.4, -0.2) is 37.9 Å². The molecule has 3 aromatic heterocycles. The van der Waals surface area contributed by atoms with Gasteiger partial charge >= 0.3 is 6.18 Å². The number of rotatable bonds is 2. The highest BCUT2D eigenvalue weighted by atomic mass is 19.4. The van der Waals surface area contributed by atoms with Crippen LogP contribution in [0.15, 0.2) is 24.4 Å². The number of alkyl halides is 3. The highest BCUT2D eigenvalue weighted by Gasteiger charge is 2.37. The number of hydrogen-bond acceptors (Lipinski definition) is 5. The van der Waals surface area contributed by atoms with Crippen molar-refractivity contribution < 1.29 is 13.2 Å². The Hall–Kier alpha value is -2.71. The number of piperidine rings is 1. The number of aromatic nitrogens is 5. The molecular formula is C19H19F3N6. The van der Waals surface area contributed by atoms with Crippen molar-refractivity contribution in [3.63, 3.8) is 0 Å². The molecule has 0 atom stereocenters. The van der Waals surface area contributed by atoms with E-state index in [0.29, 0.717) is 25.9 Å². The second-order valence-electron chi connectivity index (χ2n) is 7.43. The molecule has 0 saturated carbocycles. The summed E-state index contributed by atoms with van der Waals surface area (Å²) in [6, 6.07) is 4.47. The van der Waals surface area contributed by atoms with Crippen LogP contribution in [0.3, 0.4) is 0 Å². The maximum absolute atomic E-state index is 13.3. The van der Waals surface area contributed by atoms with Crippen molar-refractivity contribution >= 4 is 11.5 Å². The van der Waals surface area contributed by atoms with Gasteiger partial charge in [0.05, 0.1) is 11.3 Å². The molecule has 9 heteroatoms. The second kappa shape index (κ2) is 6.42. The van der Waals surface area contributed by atoms with Crippen LogP contribution in [0.25, 0.3) is 5.65 Å². The third-order valence-corrected chi connectivity index (χ3v) is 5.70. The molecule has 2 aliphatic rings. The number of aryl methyl sites for hydroxylation is 2. The summed E-state index contributed by atoms with van der Waals surface area (Å²) in [6.07, 6.45) is 1.50. The monoisotopic (exact) mass is 388 g/mol. The topological polar surface area (TPSA) is 59.2 Å². The van der Waals surface area contributed by atoms with E-state index < -0.39 is 11.7 Å². The second-order valence-corrected chi connectivity index (χ2v) is 7.43. The lowest BCUT2D eigenvalue weighted by molar-refractivity contribution is -0.137. The minimum Gasteiger partial charge on any atom is -0.356 e. The van der Waals surface area contributed by atoms with Gasteiger partial charge < -0.3 is 4.90 Å². The van der Waals surface area contributed by atoms with Crippen LogP contribution in [0.5, 0.6) is 0 Å². The first kappa shape index (κ1) is 17.4. The first-order chi connectivity index (χ1) is 13.5. The summed E-state index contributed by atoms with van der Waals surface area (Å²) in [5.74, 6) is 0.938. The van der Waals surface area contributed by atoms with Gasteiger partial charge in [-0.15, -0.1) is 10.2 Å². The summed E-state index contributed by atoms with van der Waals surface area (Å²) in [5, 5.41) is 13.4. The summed E-state index contributed by atoms with van der Waals surface area (Å²) in [5.41, 5.74) is 2.42. The number of halogens is 3. The smallest absolute Gasteiger partial charge is 0.356 e. The van der Waals surface area contributed by atoms with E-state index in [1.165, 1.54) is 17.8 Å². The molecule has 0 bridgehead atoms. The molecule has 0 unspecified atom stereocenters. The van der Waals surface area contributed by atoms with Gasteiger partial charge in [-0.2, -0.15) is 22.8 Å². The zero-order chi connectivity index (χ0) is 19.3. The lowest BCUT2D eigenvalue weighted by Crippen LogP contribution is -2.35. The molecule has 1 aliphatic carbocycles. The van der Waals surface area contributed by atoms with E-state index in [1.54, 1.807) is 4.90 Å². The molecule has 1 saturated heterocycles. The lowest BCUT2D eigenvalue weighted by atomic mass is 9.95. The van der Waals surface area contributed by atoms with E-state index in [0.717, 1.165) is 42.5 Å². The van der Waals surface area contributed by atoms with Gasteiger partial charge in [-0.1, -0.05) is 0 Å². The third kappa shape index (κ3) is 2.89. The zero-order valence-corrected chi connectivity index (χ0v) is 15.2. The molecule has 0 aromatic carbocycles. The Bertz CT molecular complexity index is 1020. The minimum absolute atomic E-state index is 0.00972. The molecule has 5 rings (SSSR count). The molecule has 1 fully saturated rings. The van der Waals surface area contributed by atoms with E-state index in [2.05, 4.69) is 21.2 Å². The third-order valence-electron chi connectivity index (χ3n) is 5.70. The average molecular weight is 388 g/mol. The molecule has 6 nitrogen and oxygen atoms in total. The van der Waals surface area contributed by atoms with Gasteiger partial charge in [0.25, 0.3) is 0 Å². The summed E-state index contributed by atoms with van der Waals surface area (Å²) in [6.45, 7) is 0.981. The largest absolute Gasteiger partial charge is 0.419 e. The molecular weight excluding hydrogens is 369 g/mol. The lowest BCUT2D eigenvalue weighted by Gasteiger charge is -2.33. The van der Waals surface area contributed by atoms with Crippen LogP contribution in [0, 0.1) is 0 Å². The van der Waals surface area contributed by atoms with E-state index in [4.69, 9.17) is 5.10 Å². The molecule has 3 aromatic rings. The predicted octanol–water partition coefficient (Wildman–Crippen LogP) is 3.41. The van der Waals surface area contributed by atoms with Crippen molar-refractivity contribution in [1.29, 1.82) is 0 Å². The molecule has 0 amide bonds. The molecule has 0 spiro atoms. The zero-order valence-electron chi connectivity index (χ0n) is 15.2. The highest BCUT2D eigenvalue weighted by molar-refractivity contribution is 5.49. The van der Waals surface area contributed by atoms with Gasteiger partial charge in [0.2, 0.25) is 0 Å². The van der Waals surface area contributed by atoms with Crippen molar-refractivity contribution in [3.05, 3.63) is 47.0 Å². The van der Waals surface area contributed by atoms with E-state index in [1.807, 2.05) is 4.52 Å². The predicted molar refractivity (Wildman–Crippen MR) is 96.2 cm³/mol. The Morgan fingerprint density at radius 1 is 1.07 bits per heavy atom. The first-order valence-electron chi connectivity index (χ1n) is 9.52. The quantitative estimate of drug-likeness (QED) is 0.673. The van der Waals surface area contributed by atoms with Gasteiger partial charge in [-0.25, -0.2) is 4.98 Å². The molecule has 4 heterocycles. The Morgan fingerprint density at radius 2 is 1.89 bits per heavy atom. The van der Waals surface area contributed by atoms with E-state index >= 15 is 0 Å². The highest BCUT2D eigenvalue weighted by Crippen LogP contribution is 2.37. The van der Waals surface area contributed by atoms with Gasteiger partial charge in [0.1, 0.15) is 5.82 Å². The van der Waals surface area contributed by atoms with Gasteiger partial charge in [0, 0.05) is 25.2 Å². The van der Waals surface area contributed by atoms with Crippen LogP contribution in [0.4, 0.5) is 19.0 Å². The molecule has 1 aliphatic heterocycles. The SMILES string of the molecule is FC(F)(F)c1cccnc1N1CCC(c2nnc3cc4c(nn23)CCC4)CC1. The van der Waals surface area contributed by atoms with Crippen LogP contribution >= 0.6 is 0 Å². The van der Waals surface area contributed by atoms with Crippen molar-refractivity contribution in [3.8, 4) is 0 Å². The Labute approximate surface area is 159 Å². The van der Waals surface area contributed by atoms with Crippen molar-refractivity contribution in [1.82, 2.24) is 24.8 Å². The van der Waals surface area contributed by atoms with Crippen LogP contribution in [0.2, 0.25) is 0 Å². The number of pyridine rings is 1. The normalized spacial score (nSPS) is 18.0. The maximum Gasteiger partial charge on any atom is 0.419 e. The Kier molecular flexibility index (Phi) is 3.99. The number of anilines is 1. The first-order valence-corrected chi connectivity index (χ1v) is 9.52. The van der Waals surface area contributed by atoms with E-state index in [9.17, 15) is 13.2 Å². The van der Waals surface area contributed by atoms with E-state index in [-0.39, 0.29) is 11.7 Å². The van der Waals surface area contributed by atoms with Gasteiger partial charge in [-0.3, -0.25) is 0 Å². The molecule has 0 radical (unpaired) electrons. The van der Waals surface area contributed by atoms with Crippen molar-refractivity contribution in [2.24, 2.45) is 0 Å². The summed E-state index contributed by atoms with van der Waals surface area (Å²) in [4.78, 5) is 5.72. The molecule has 0 N–H and O–H groups in total. The fraction of sp³-hybridized carbons (Fsp3) is 0.474. The summed E-state index contributed by atoms with van der Waals surface area (Å²) in [7, 11) is 0. The average Bonchev–Trinajstić information content (AvgIpc) is 3.31.